The lowest BCUT2D eigenvalue weighted by molar-refractivity contribution is -0.141. The zero-order chi connectivity index (χ0) is 12.3. The predicted molar refractivity (Wildman–Crippen MR) is 66.7 cm³/mol. The van der Waals surface area contributed by atoms with Gasteiger partial charge in [0.25, 0.3) is 0 Å². The number of rotatable bonds is 4. The molecule has 1 heterocycles. The third-order valence-corrected chi connectivity index (χ3v) is 3.19. The largest absolute Gasteiger partial charge is 0.389 e. The average Bonchev–Trinajstić information content (AvgIpc) is 2.27. The summed E-state index contributed by atoms with van der Waals surface area (Å²) in [4.78, 5) is 13.4. The standard InChI is InChI=1S/C14H19NO2/c1-11-5-7-12(8-6-11)3-2-4-14(17)15-9-13(16)10-15/h5-8,13,16H,2-4,9-10H2,1H3. The van der Waals surface area contributed by atoms with E-state index in [9.17, 15) is 4.79 Å². The van der Waals surface area contributed by atoms with Gasteiger partial charge in [0.1, 0.15) is 0 Å². The molecular formula is C14H19NO2. The molecule has 0 bridgehead atoms. The minimum absolute atomic E-state index is 0.169. The molecule has 92 valence electrons. The molecule has 0 radical (unpaired) electrons. The molecule has 0 atom stereocenters. The Kier molecular flexibility index (Phi) is 3.79. The van der Waals surface area contributed by atoms with Crippen molar-refractivity contribution in [2.75, 3.05) is 13.1 Å². The van der Waals surface area contributed by atoms with Gasteiger partial charge in [0.05, 0.1) is 6.10 Å². The number of nitrogens with zero attached hydrogens (tertiary/aromatic N) is 1. The molecule has 0 unspecified atom stereocenters. The first-order chi connectivity index (χ1) is 8.15. The fourth-order valence-corrected chi connectivity index (χ4v) is 2.02. The maximum atomic E-state index is 11.6. The monoisotopic (exact) mass is 233 g/mol. The van der Waals surface area contributed by atoms with E-state index in [-0.39, 0.29) is 12.0 Å². The van der Waals surface area contributed by atoms with E-state index in [2.05, 4.69) is 31.2 Å². The van der Waals surface area contributed by atoms with Crippen LogP contribution in [0.4, 0.5) is 0 Å². The zero-order valence-corrected chi connectivity index (χ0v) is 10.2. The minimum atomic E-state index is -0.295. The Morgan fingerprint density at radius 1 is 1.35 bits per heavy atom. The summed E-state index contributed by atoms with van der Waals surface area (Å²) in [7, 11) is 0. The van der Waals surface area contributed by atoms with E-state index in [1.807, 2.05) is 0 Å². The van der Waals surface area contributed by atoms with Gasteiger partial charge >= 0.3 is 0 Å². The van der Waals surface area contributed by atoms with Crippen molar-refractivity contribution in [2.45, 2.75) is 32.3 Å². The van der Waals surface area contributed by atoms with Crippen molar-refractivity contribution in [3.8, 4) is 0 Å². The van der Waals surface area contributed by atoms with Gasteiger partial charge in [0, 0.05) is 19.5 Å². The Morgan fingerprint density at radius 3 is 2.59 bits per heavy atom. The Labute approximate surface area is 102 Å². The molecule has 2 rings (SSSR count). The van der Waals surface area contributed by atoms with Crippen molar-refractivity contribution in [2.24, 2.45) is 0 Å². The van der Waals surface area contributed by atoms with E-state index in [0.717, 1.165) is 12.8 Å². The van der Waals surface area contributed by atoms with E-state index < -0.39 is 0 Å². The Balaban J connectivity index is 1.69. The van der Waals surface area contributed by atoms with Crippen LogP contribution in [0.5, 0.6) is 0 Å². The zero-order valence-electron chi connectivity index (χ0n) is 10.2. The SMILES string of the molecule is Cc1ccc(CCCC(=O)N2CC(O)C2)cc1. The lowest BCUT2D eigenvalue weighted by Gasteiger charge is -2.35. The minimum Gasteiger partial charge on any atom is -0.389 e. The quantitative estimate of drug-likeness (QED) is 0.856. The highest BCUT2D eigenvalue weighted by Gasteiger charge is 2.27. The van der Waals surface area contributed by atoms with Gasteiger partial charge in [-0.25, -0.2) is 0 Å². The van der Waals surface area contributed by atoms with Crippen LogP contribution in [0.2, 0.25) is 0 Å². The summed E-state index contributed by atoms with van der Waals surface area (Å²) >= 11 is 0. The molecule has 17 heavy (non-hydrogen) atoms. The van der Waals surface area contributed by atoms with Crippen LogP contribution < -0.4 is 0 Å². The summed E-state index contributed by atoms with van der Waals surface area (Å²) in [6.07, 6.45) is 2.12. The number of β-amino-alcohol motifs (C(OH)–C–C–N with tert-alkyl or cyclic N) is 1. The van der Waals surface area contributed by atoms with Crippen LogP contribution in [-0.4, -0.2) is 35.1 Å². The fraction of sp³-hybridized carbons (Fsp3) is 0.500. The second-order valence-electron chi connectivity index (χ2n) is 4.79. The Morgan fingerprint density at radius 2 is 2.00 bits per heavy atom. The first kappa shape index (κ1) is 12.1. The predicted octanol–water partition coefficient (Wildman–Crippen LogP) is 1.52. The van der Waals surface area contributed by atoms with Crippen LogP contribution in [0.1, 0.15) is 24.0 Å². The third kappa shape index (κ3) is 3.30. The van der Waals surface area contributed by atoms with Crippen LogP contribution in [-0.2, 0) is 11.2 Å². The second-order valence-corrected chi connectivity index (χ2v) is 4.79. The Bertz CT molecular complexity index is 380. The van der Waals surface area contributed by atoms with Crippen LogP contribution in [0.3, 0.4) is 0 Å². The van der Waals surface area contributed by atoms with Crippen molar-refractivity contribution >= 4 is 5.91 Å². The lowest BCUT2D eigenvalue weighted by atomic mass is 10.1. The van der Waals surface area contributed by atoms with Crippen molar-refractivity contribution < 1.29 is 9.90 Å². The van der Waals surface area contributed by atoms with Gasteiger partial charge in [-0.1, -0.05) is 29.8 Å². The number of aryl methyl sites for hydroxylation is 2. The number of aliphatic hydroxyl groups excluding tert-OH is 1. The summed E-state index contributed by atoms with van der Waals surface area (Å²) in [5.74, 6) is 0.169. The van der Waals surface area contributed by atoms with Gasteiger partial charge in [-0.05, 0) is 25.3 Å². The molecule has 3 heteroatoms. The molecule has 1 fully saturated rings. The fourth-order valence-electron chi connectivity index (χ4n) is 2.02. The summed E-state index contributed by atoms with van der Waals surface area (Å²) < 4.78 is 0. The van der Waals surface area contributed by atoms with Crippen molar-refractivity contribution in [1.29, 1.82) is 0 Å². The molecule has 1 aliphatic heterocycles. The molecule has 0 aromatic heterocycles. The highest BCUT2D eigenvalue weighted by Crippen LogP contribution is 2.12. The van der Waals surface area contributed by atoms with Gasteiger partial charge in [-0.15, -0.1) is 0 Å². The number of benzene rings is 1. The van der Waals surface area contributed by atoms with Crippen LogP contribution in [0, 0.1) is 6.92 Å². The van der Waals surface area contributed by atoms with Crippen molar-refractivity contribution in [3.05, 3.63) is 35.4 Å². The molecule has 1 aliphatic rings. The number of hydrogen-bond acceptors (Lipinski definition) is 2. The highest BCUT2D eigenvalue weighted by molar-refractivity contribution is 5.77. The van der Waals surface area contributed by atoms with Crippen molar-refractivity contribution in [1.82, 2.24) is 4.90 Å². The van der Waals surface area contributed by atoms with Gasteiger partial charge in [-0.3, -0.25) is 4.79 Å². The first-order valence-corrected chi connectivity index (χ1v) is 6.16. The number of amides is 1. The summed E-state index contributed by atoms with van der Waals surface area (Å²) in [6, 6.07) is 8.44. The lowest BCUT2D eigenvalue weighted by Crippen LogP contribution is -2.53. The molecule has 3 nitrogen and oxygen atoms in total. The molecule has 1 saturated heterocycles. The number of carbonyl (C=O) groups is 1. The molecular weight excluding hydrogens is 214 g/mol. The molecule has 1 aromatic carbocycles. The second kappa shape index (κ2) is 5.32. The summed E-state index contributed by atoms with van der Waals surface area (Å²) in [6.45, 7) is 3.11. The number of aliphatic hydroxyl groups is 1. The number of hydrogen-bond donors (Lipinski definition) is 1. The van der Waals surface area contributed by atoms with E-state index in [4.69, 9.17) is 5.11 Å². The van der Waals surface area contributed by atoms with E-state index in [0.29, 0.717) is 19.5 Å². The maximum absolute atomic E-state index is 11.6. The van der Waals surface area contributed by atoms with Gasteiger partial charge in [0.15, 0.2) is 0 Å². The maximum Gasteiger partial charge on any atom is 0.222 e. The van der Waals surface area contributed by atoms with Crippen LogP contribution in [0.15, 0.2) is 24.3 Å². The topological polar surface area (TPSA) is 40.5 Å². The molecule has 1 N–H and O–H groups in total. The average molecular weight is 233 g/mol. The van der Waals surface area contributed by atoms with Crippen molar-refractivity contribution in [3.63, 3.8) is 0 Å². The first-order valence-electron chi connectivity index (χ1n) is 6.16. The third-order valence-electron chi connectivity index (χ3n) is 3.19. The van der Waals surface area contributed by atoms with Gasteiger partial charge in [-0.2, -0.15) is 0 Å². The smallest absolute Gasteiger partial charge is 0.222 e. The molecule has 0 saturated carbocycles. The summed E-state index contributed by atoms with van der Waals surface area (Å²) in [5.41, 5.74) is 2.55. The van der Waals surface area contributed by atoms with E-state index in [1.165, 1.54) is 11.1 Å². The summed E-state index contributed by atoms with van der Waals surface area (Å²) in [5, 5.41) is 9.10. The highest BCUT2D eigenvalue weighted by atomic mass is 16.3. The molecule has 0 aliphatic carbocycles. The molecule has 1 amide bonds. The molecule has 0 spiro atoms. The normalized spacial score (nSPS) is 15.8. The molecule has 1 aromatic rings. The number of carbonyl (C=O) groups excluding carboxylic acids is 1. The van der Waals surface area contributed by atoms with Crippen LogP contribution in [0.25, 0.3) is 0 Å². The van der Waals surface area contributed by atoms with Gasteiger partial charge in [0.2, 0.25) is 5.91 Å². The van der Waals surface area contributed by atoms with E-state index >= 15 is 0 Å². The van der Waals surface area contributed by atoms with E-state index in [1.54, 1.807) is 4.90 Å². The van der Waals surface area contributed by atoms with Gasteiger partial charge < -0.3 is 10.0 Å². The Hall–Kier alpha value is -1.35. The van der Waals surface area contributed by atoms with Crippen LogP contribution >= 0.6 is 0 Å². The number of likely N-dealkylation sites (tertiary alicyclic amines) is 1.